The highest BCUT2D eigenvalue weighted by Crippen LogP contribution is 2.24. The molecule has 0 unspecified atom stereocenters. The van der Waals surface area contributed by atoms with E-state index >= 15 is 0 Å². The number of carbonyl (C=O) groups excluding carboxylic acids is 2. The third kappa shape index (κ3) is 6.33. The molecule has 1 aromatic carbocycles. The van der Waals surface area contributed by atoms with E-state index in [2.05, 4.69) is 17.5 Å². The number of ketones is 1. The van der Waals surface area contributed by atoms with Gasteiger partial charge in [-0.2, -0.15) is 0 Å². The van der Waals surface area contributed by atoms with E-state index in [1.54, 1.807) is 56.2 Å². The quantitative estimate of drug-likeness (QED) is 0.0905. The highest BCUT2D eigenvalue weighted by atomic mass is 32.2. The van der Waals surface area contributed by atoms with Crippen LogP contribution in [-0.2, 0) is 14.4 Å². The summed E-state index contributed by atoms with van der Waals surface area (Å²) >= 11 is 1.61. The molecule has 32 heavy (non-hydrogen) atoms. The first-order valence-corrected chi connectivity index (χ1v) is 11.2. The number of ether oxygens (including phenoxy) is 1. The molecular formula is C26H27NO4S. The van der Waals surface area contributed by atoms with Gasteiger partial charge in [0.25, 0.3) is 0 Å². The van der Waals surface area contributed by atoms with E-state index in [0.717, 1.165) is 16.0 Å². The van der Waals surface area contributed by atoms with Gasteiger partial charge < -0.3 is 9.57 Å². The molecule has 0 fully saturated rings. The van der Waals surface area contributed by atoms with Crippen LogP contribution in [0.5, 0.6) is 0 Å². The number of rotatable bonds is 9. The van der Waals surface area contributed by atoms with Crippen LogP contribution in [-0.4, -0.2) is 30.8 Å². The fraction of sp³-hybridized carbons (Fsp3) is 0.231. The monoisotopic (exact) mass is 449 g/mol. The lowest BCUT2D eigenvalue weighted by molar-refractivity contribution is -0.142. The van der Waals surface area contributed by atoms with Gasteiger partial charge in [0.1, 0.15) is 5.76 Å². The smallest absolute Gasteiger partial charge is 0.339 e. The Bertz CT molecular complexity index is 1090. The number of benzene rings is 1. The van der Waals surface area contributed by atoms with Crippen molar-refractivity contribution in [3.63, 3.8) is 0 Å². The summed E-state index contributed by atoms with van der Waals surface area (Å²) in [5, 5.41) is 3.95. The summed E-state index contributed by atoms with van der Waals surface area (Å²) < 4.78 is 5.14. The fourth-order valence-corrected chi connectivity index (χ4v) is 3.73. The summed E-state index contributed by atoms with van der Waals surface area (Å²) in [6.07, 6.45) is 12.0. The van der Waals surface area contributed by atoms with Crippen LogP contribution >= 0.6 is 11.8 Å². The van der Waals surface area contributed by atoms with Crippen molar-refractivity contribution in [2.75, 3.05) is 13.4 Å². The molecule has 0 amide bonds. The molecule has 0 N–H and O–H groups in total. The van der Waals surface area contributed by atoms with Gasteiger partial charge in [-0.3, -0.25) is 4.79 Å². The predicted octanol–water partition coefficient (Wildman–Crippen LogP) is 5.81. The second-order valence-corrected chi connectivity index (χ2v) is 7.84. The van der Waals surface area contributed by atoms with Crippen molar-refractivity contribution in [2.24, 2.45) is 5.16 Å². The largest absolute Gasteiger partial charge is 0.496 e. The second kappa shape index (κ2) is 11.9. The number of oxime groups is 1. The van der Waals surface area contributed by atoms with Gasteiger partial charge in [-0.25, -0.2) is 4.79 Å². The molecule has 0 bridgehead atoms. The zero-order chi connectivity index (χ0) is 23.7. The highest BCUT2D eigenvalue weighted by molar-refractivity contribution is 7.98. The van der Waals surface area contributed by atoms with Crippen molar-refractivity contribution < 1.29 is 19.2 Å². The SMILES string of the molecule is C=CC(=C\C)/C(=N\OC(=O)CC1=CC=C(OC)C=C=C1)C(=O)c1c(C)cc(SC)cc1C. The van der Waals surface area contributed by atoms with Crippen molar-refractivity contribution in [2.45, 2.75) is 32.1 Å². The van der Waals surface area contributed by atoms with Crippen molar-refractivity contribution in [3.8, 4) is 0 Å². The Kier molecular flexibility index (Phi) is 9.26. The Morgan fingerprint density at radius 1 is 1.19 bits per heavy atom. The first-order chi connectivity index (χ1) is 15.3. The minimum Gasteiger partial charge on any atom is -0.496 e. The van der Waals surface area contributed by atoms with Crippen LogP contribution in [0.4, 0.5) is 0 Å². The van der Waals surface area contributed by atoms with Crippen molar-refractivity contribution in [1.29, 1.82) is 0 Å². The third-order valence-corrected chi connectivity index (χ3v) is 5.47. The summed E-state index contributed by atoms with van der Waals surface area (Å²) in [5.41, 5.74) is 6.33. The lowest BCUT2D eigenvalue weighted by Crippen LogP contribution is -2.20. The topological polar surface area (TPSA) is 65.0 Å². The summed E-state index contributed by atoms with van der Waals surface area (Å²) in [6.45, 7) is 9.29. The highest BCUT2D eigenvalue weighted by Gasteiger charge is 2.22. The molecule has 1 aliphatic carbocycles. The van der Waals surface area contributed by atoms with Crippen molar-refractivity contribution in [1.82, 2.24) is 0 Å². The Hall–Kier alpha value is -3.34. The molecule has 0 saturated heterocycles. The summed E-state index contributed by atoms with van der Waals surface area (Å²) in [4.78, 5) is 32.0. The number of carbonyl (C=O) groups is 2. The van der Waals surface area contributed by atoms with Gasteiger partial charge in [0.05, 0.1) is 13.5 Å². The van der Waals surface area contributed by atoms with Gasteiger partial charge in [-0.05, 0) is 68.0 Å². The van der Waals surface area contributed by atoms with Crippen molar-refractivity contribution >= 4 is 29.2 Å². The van der Waals surface area contributed by atoms with Crippen LogP contribution in [0.3, 0.4) is 0 Å². The van der Waals surface area contributed by atoms with E-state index in [1.807, 2.05) is 32.2 Å². The molecule has 5 nitrogen and oxygen atoms in total. The van der Waals surface area contributed by atoms with Crippen molar-refractivity contribution in [3.05, 3.63) is 94.5 Å². The van der Waals surface area contributed by atoms with Gasteiger partial charge in [0.15, 0.2) is 5.71 Å². The van der Waals surface area contributed by atoms with E-state index in [-0.39, 0.29) is 17.9 Å². The molecule has 0 aromatic heterocycles. The summed E-state index contributed by atoms with van der Waals surface area (Å²) in [6, 6.07) is 3.91. The predicted molar refractivity (Wildman–Crippen MR) is 130 cm³/mol. The maximum atomic E-state index is 13.4. The van der Waals surface area contributed by atoms with Crippen LogP contribution in [0.1, 0.15) is 34.8 Å². The average Bonchev–Trinajstić information content (AvgIpc) is 3.00. The number of hydrogen-bond acceptors (Lipinski definition) is 6. The van der Waals surface area contributed by atoms with E-state index in [4.69, 9.17) is 9.57 Å². The molecule has 0 spiro atoms. The number of methoxy groups -OCH3 is 1. The molecule has 166 valence electrons. The number of aryl methyl sites for hydroxylation is 2. The maximum absolute atomic E-state index is 13.4. The average molecular weight is 450 g/mol. The zero-order valence-electron chi connectivity index (χ0n) is 19.0. The number of thioether (sulfide) groups is 1. The number of hydrogen-bond donors (Lipinski definition) is 0. The first-order valence-electron chi connectivity index (χ1n) is 9.98. The molecule has 1 aromatic rings. The molecular weight excluding hydrogens is 422 g/mol. The standard InChI is InChI=1S/C26H27NO4S/c1-7-20(8-2)25(26(29)24-17(3)14-22(32-6)15-18(24)4)27-31-23(28)16-19-10-9-11-21(30-5)13-12-19/h7-8,10-15H,1,16H2,2-6H3/b20-8+,27-25+. The third-order valence-electron chi connectivity index (χ3n) is 4.77. The zero-order valence-corrected chi connectivity index (χ0v) is 19.8. The molecule has 6 heteroatoms. The lowest BCUT2D eigenvalue weighted by Gasteiger charge is -2.13. The molecule has 1 aliphatic rings. The van der Waals surface area contributed by atoms with Crippen LogP contribution in [0.25, 0.3) is 0 Å². The van der Waals surface area contributed by atoms with Crippen LogP contribution in [0.2, 0.25) is 0 Å². The Balaban J connectivity index is 2.32. The van der Waals surface area contributed by atoms with Crippen LogP contribution in [0, 0.1) is 13.8 Å². The lowest BCUT2D eigenvalue weighted by atomic mass is 9.93. The normalized spacial score (nSPS) is 13.8. The van der Waals surface area contributed by atoms with Gasteiger partial charge in [0.2, 0.25) is 5.78 Å². The molecule has 0 heterocycles. The Labute approximate surface area is 193 Å². The molecule has 0 aliphatic heterocycles. The molecule has 0 saturated carbocycles. The minimum atomic E-state index is -0.598. The second-order valence-electron chi connectivity index (χ2n) is 6.96. The van der Waals surface area contributed by atoms with Gasteiger partial charge in [-0.15, -0.1) is 17.5 Å². The molecule has 2 rings (SSSR count). The summed E-state index contributed by atoms with van der Waals surface area (Å²) in [5.74, 6) is -0.297. The van der Waals surface area contributed by atoms with Gasteiger partial charge in [0, 0.05) is 22.1 Å². The number of allylic oxidation sites excluding steroid dienone is 6. The van der Waals surface area contributed by atoms with Gasteiger partial charge >= 0.3 is 5.97 Å². The fourth-order valence-electron chi connectivity index (χ4n) is 3.14. The number of Topliss-reactive ketones (excluding diaryl/α,β-unsaturated/α-hetero) is 1. The molecule has 0 radical (unpaired) electrons. The van der Waals surface area contributed by atoms with E-state index in [0.29, 0.717) is 22.5 Å². The molecule has 0 atom stereocenters. The maximum Gasteiger partial charge on any atom is 0.339 e. The Morgan fingerprint density at radius 3 is 2.44 bits per heavy atom. The summed E-state index contributed by atoms with van der Waals surface area (Å²) in [7, 11) is 1.56. The van der Waals surface area contributed by atoms with Crippen LogP contribution < -0.4 is 0 Å². The van der Waals surface area contributed by atoms with Crippen LogP contribution in [0.15, 0.2) is 87.9 Å². The first kappa shape index (κ1) is 24.9. The van der Waals surface area contributed by atoms with E-state index in [9.17, 15) is 9.59 Å². The minimum absolute atomic E-state index is 0.0287. The van der Waals surface area contributed by atoms with E-state index < -0.39 is 5.97 Å². The van der Waals surface area contributed by atoms with Gasteiger partial charge in [-0.1, -0.05) is 30.0 Å². The van der Waals surface area contributed by atoms with E-state index in [1.165, 1.54) is 6.08 Å². The Morgan fingerprint density at radius 2 is 1.88 bits per heavy atom. The number of nitrogens with zero attached hydrogens (tertiary/aromatic N) is 1.